The van der Waals surface area contributed by atoms with Gasteiger partial charge >= 0.3 is 5.97 Å². The molecule has 0 spiro atoms. The first-order chi connectivity index (χ1) is 13.7. The topological polar surface area (TPSA) is 139 Å². The number of esters is 1. The summed E-state index contributed by atoms with van der Waals surface area (Å²) >= 11 is 8.08. The van der Waals surface area contributed by atoms with Crippen LogP contribution in [0.3, 0.4) is 0 Å². The van der Waals surface area contributed by atoms with Crippen molar-refractivity contribution in [1.29, 1.82) is 0 Å². The minimum absolute atomic E-state index is 0.0231. The van der Waals surface area contributed by atoms with E-state index in [0.717, 1.165) is 0 Å². The Morgan fingerprint density at radius 1 is 1.11 bits per heavy atom. The second kappa shape index (κ2) is 16.9. The van der Waals surface area contributed by atoms with E-state index in [1.54, 1.807) is 18.5 Å². The van der Waals surface area contributed by atoms with E-state index in [1.165, 1.54) is 54.8 Å². The maximum absolute atomic E-state index is 10.2. The van der Waals surface area contributed by atoms with Gasteiger partial charge in [-0.2, -0.15) is 32.3 Å². The van der Waals surface area contributed by atoms with Crippen LogP contribution in [-0.4, -0.2) is 70.7 Å². The molecule has 0 radical (unpaired) electrons. The molecule has 3 aliphatic heterocycles. The van der Waals surface area contributed by atoms with Crippen molar-refractivity contribution in [3.05, 3.63) is 37.2 Å². The van der Waals surface area contributed by atoms with Crippen molar-refractivity contribution in [3.8, 4) is 0 Å². The molecule has 1 amide bonds. The highest BCUT2D eigenvalue weighted by Crippen LogP contribution is 2.14. The fourth-order valence-corrected chi connectivity index (χ4v) is 3.32. The molecule has 13 heteroatoms. The molecule has 5 heterocycles. The second-order valence-electron chi connectivity index (χ2n) is 4.78. The van der Waals surface area contributed by atoms with Crippen LogP contribution in [0.2, 0.25) is 0 Å². The summed E-state index contributed by atoms with van der Waals surface area (Å²) in [5, 5.41) is 17.8. The molecule has 3 aliphatic rings. The number of aromatic amines is 2. The predicted octanol–water partition coefficient (Wildman–Crippen LogP) is 1.36. The monoisotopic (exact) mass is 443 g/mol. The molecule has 2 aromatic heterocycles. The van der Waals surface area contributed by atoms with Gasteiger partial charge in [0.2, 0.25) is 5.91 Å². The summed E-state index contributed by atoms with van der Waals surface area (Å²) in [4.78, 5) is 23.7. The molecular weight excluding hydrogens is 422 g/mol. The summed E-state index contributed by atoms with van der Waals surface area (Å²) in [5.41, 5.74) is 0. The van der Waals surface area contributed by atoms with Gasteiger partial charge in [-0.25, -0.2) is 9.78 Å². The molecule has 2 saturated heterocycles. The number of thiocarbonyl (C=S) groups is 1. The number of hydrogen-bond donors (Lipinski definition) is 3. The number of rotatable bonds is 0. The van der Waals surface area contributed by atoms with Gasteiger partial charge < -0.3 is 10.1 Å². The summed E-state index contributed by atoms with van der Waals surface area (Å²) in [6.45, 7) is 0.457. The Morgan fingerprint density at radius 3 is 2.04 bits per heavy atom. The van der Waals surface area contributed by atoms with Crippen molar-refractivity contribution < 1.29 is 14.3 Å². The first-order valence-corrected chi connectivity index (χ1v) is 10.7. The molecule has 0 unspecified atom stereocenters. The van der Waals surface area contributed by atoms with Gasteiger partial charge in [-0.15, -0.1) is 0 Å². The van der Waals surface area contributed by atoms with Gasteiger partial charge in [0.15, 0.2) is 0 Å². The highest BCUT2D eigenvalue weighted by molar-refractivity contribution is 8.24. The van der Waals surface area contributed by atoms with Gasteiger partial charge in [0, 0.05) is 6.08 Å². The van der Waals surface area contributed by atoms with Crippen molar-refractivity contribution in [2.24, 2.45) is 0 Å². The lowest BCUT2D eigenvalue weighted by atomic mass is 10.4. The lowest BCUT2D eigenvalue weighted by Crippen LogP contribution is -2.18. The van der Waals surface area contributed by atoms with Gasteiger partial charge in [0.25, 0.3) is 0 Å². The Morgan fingerprint density at radius 2 is 1.86 bits per heavy atom. The van der Waals surface area contributed by atoms with Crippen LogP contribution in [0.4, 0.5) is 0 Å². The number of H-pyrrole nitrogens is 2. The maximum Gasteiger partial charge on any atom is 0.330 e. The zero-order valence-electron chi connectivity index (χ0n) is 14.9. The number of thioether (sulfide) groups is 2. The highest BCUT2D eigenvalue weighted by Gasteiger charge is 2.13. The van der Waals surface area contributed by atoms with Gasteiger partial charge in [0.1, 0.15) is 23.6 Å². The van der Waals surface area contributed by atoms with E-state index >= 15 is 0 Å². The van der Waals surface area contributed by atoms with Crippen molar-refractivity contribution in [2.75, 3.05) is 23.9 Å². The number of hydrogen-bond acceptors (Lipinski definition) is 10. The molecule has 0 saturated carbocycles. The zero-order chi connectivity index (χ0) is 20.3. The second-order valence-corrected chi connectivity index (χ2v) is 7.66. The summed E-state index contributed by atoms with van der Waals surface area (Å²) in [6.07, 6.45) is 12.2. The predicted molar refractivity (Wildman–Crippen MR) is 113 cm³/mol. The summed E-state index contributed by atoms with van der Waals surface area (Å²) in [7, 11) is 0. The largest absolute Gasteiger partial charge is 0.458 e. The molecule has 3 N–H and O–H groups in total. The minimum Gasteiger partial charge on any atom is -0.458 e. The van der Waals surface area contributed by atoms with E-state index in [-0.39, 0.29) is 11.9 Å². The van der Waals surface area contributed by atoms with E-state index in [2.05, 4.69) is 64.6 Å². The van der Waals surface area contributed by atoms with Gasteiger partial charge in [-0.3, -0.25) is 9.89 Å². The standard InChI is InChI=1S/C4H4O2.C4H8S.C3H3NOS2.2C2H3N3/c5-4-2-1-3-6-4;1-2-4-5-3-1;5-2-1-7-3(6)4-2;1-3-2-5-4-1;1-2-4-5-3-1/h1-2H,3H2;1-4H2;1H2,(H,4,5,6);2*1-2H,(H,3,4,5). The van der Waals surface area contributed by atoms with Gasteiger partial charge in [-0.1, -0.05) is 24.0 Å². The quantitative estimate of drug-likeness (QED) is 0.404. The number of cyclic esters (lactones) is 1. The Kier molecular flexibility index (Phi) is 14.3. The number of carbonyl (C=O) groups is 2. The van der Waals surface area contributed by atoms with Gasteiger partial charge in [0.05, 0.1) is 18.1 Å². The molecule has 152 valence electrons. The SMILES string of the molecule is C1CCSC1.O=C1C=CCO1.O=C1CSC(=S)N1.c1cn[nH]n1.c1nc[nH]n1. The third-order valence-corrected chi connectivity index (χ3v) is 5.02. The molecule has 0 aromatic carbocycles. The van der Waals surface area contributed by atoms with Gasteiger partial charge in [-0.05, 0) is 30.4 Å². The van der Waals surface area contributed by atoms with E-state index < -0.39 is 0 Å². The van der Waals surface area contributed by atoms with Crippen molar-refractivity contribution in [2.45, 2.75) is 12.8 Å². The molecule has 2 fully saturated rings. The maximum atomic E-state index is 10.2. The first-order valence-electron chi connectivity index (χ1n) is 8.14. The van der Waals surface area contributed by atoms with E-state index in [9.17, 15) is 9.59 Å². The first kappa shape index (κ1) is 23.8. The Bertz CT molecular complexity index is 595. The third kappa shape index (κ3) is 14.9. The van der Waals surface area contributed by atoms with Crippen molar-refractivity contribution in [3.63, 3.8) is 0 Å². The number of ether oxygens (including phenoxy) is 1. The van der Waals surface area contributed by atoms with Crippen LogP contribution >= 0.6 is 35.7 Å². The van der Waals surface area contributed by atoms with Crippen LogP contribution in [0.15, 0.2) is 37.2 Å². The average Bonchev–Trinajstić information content (AvgIpc) is 3.51. The summed E-state index contributed by atoms with van der Waals surface area (Å²) in [6, 6.07) is 0. The highest BCUT2D eigenvalue weighted by atomic mass is 32.2. The lowest BCUT2D eigenvalue weighted by Gasteiger charge is -1.81. The Balaban J connectivity index is 0.000000176. The van der Waals surface area contributed by atoms with E-state index in [4.69, 9.17) is 0 Å². The van der Waals surface area contributed by atoms with Crippen LogP contribution < -0.4 is 5.32 Å². The van der Waals surface area contributed by atoms with Crippen LogP contribution in [-0.2, 0) is 14.3 Å². The average molecular weight is 444 g/mol. The molecule has 5 rings (SSSR count). The van der Waals surface area contributed by atoms with Crippen molar-refractivity contribution in [1.82, 2.24) is 35.9 Å². The molecule has 0 atom stereocenters. The summed E-state index contributed by atoms with van der Waals surface area (Å²) in [5.74, 6) is 3.13. The number of nitrogens with one attached hydrogen (secondary N) is 3. The minimum atomic E-state index is -0.227. The smallest absolute Gasteiger partial charge is 0.330 e. The third-order valence-electron chi connectivity index (χ3n) is 2.64. The van der Waals surface area contributed by atoms with E-state index in [0.29, 0.717) is 16.7 Å². The molecule has 0 bridgehead atoms. The van der Waals surface area contributed by atoms with Crippen LogP contribution in [0, 0.1) is 0 Å². The molecule has 28 heavy (non-hydrogen) atoms. The van der Waals surface area contributed by atoms with E-state index in [1.807, 2.05) is 0 Å². The number of amides is 1. The molecule has 10 nitrogen and oxygen atoms in total. The zero-order valence-corrected chi connectivity index (χ0v) is 17.4. The van der Waals surface area contributed by atoms with Crippen LogP contribution in [0.5, 0.6) is 0 Å². The number of carbonyl (C=O) groups excluding carboxylic acids is 2. The number of aromatic nitrogens is 6. The van der Waals surface area contributed by atoms with Crippen molar-refractivity contribution >= 4 is 51.9 Å². The normalized spacial score (nSPS) is 16.1. The molecule has 2 aromatic rings. The Labute approximate surface area is 176 Å². The fraction of sp³-hybridized carbons (Fsp3) is 0.400. The summed E-state index contributed by atoms with van der Waals surface area (Å²) < 4.78 is 5.00. The lowest BCUT2D eigenvalue weighted by molar-refractivity contribution is -0.134. The fourth-order valence-electron chi connectivity index (χ4n) is 1.48. The van der Waals surface area contributed by atoms with Crippen LogP contribution in [0.25, 0.3) is 0 Å². The molecular formula is C15H21N7O3S3. The Hall–Kier alpha value is -2.25. The molecule has 0 aliphatic carbocycles. The number of nitrogens with zero attached hydrogens (tertiary/aromatic N) is 4. The van der Waals surface area contributed by atoms with Crippen LogP contribution in [0.1, 0.15) is 12.8 Å².